The first-order chi connectivity index (χ1) is 11.4. The van der Waals surface area contributed by atoms with Gasteiger partial charge in [0.15, 0.2) is 0 Å². The van der Waals surface area contributed by atoms with E-state index in [0.29, 0.717) is 6.42 Å². The van der Waals surface area contributed by atoms with Gasteiger partial charge in [0.1, 0.15) is 5.75 Å². The van der Waals surface area contributed by atoms with Gasteiger partial charge in [0.05, 0.1) is 11.2 Å². The highest BCUT2D eigenvalue weighted by atomic mass is 19.3. The van der Waals surface area contributed by atoms with Crippen LogP contribution in [0.15, 0.2) is 24.3 Å². The fourth-order valence-electron chi connectivity index (χ4n) is 2.68. The minimum atomic E-state index is -4.69. The van der Waals surface area contributed by atoms with Crippen LogP contribution in [0.3, 0.4) is 0 Å². The molecule has 1 aromatic carbocycles. The summed E-state index contributed by atoms with van der Waals surface area (Å²) < 4.78 is 55.3. The van der Waals surface area contributed by atoms with Crippen molar-refractivity contribution in [3.8, 4) is 5.75 Å². The molecule has 0 aromatic heterocycles. The van der Waals surface area contributed by atoms with Crippen molar-refractivity contribution >= 4 is 5.91 Å². The van der Waals surface area contributed by atoms with Gasteiger partial charge in [0.25, 0.3) is 5.91 Å². The third kappa shape index (κ3) is 3.89. The second-order valence-corrected chi connectivity index (χ2v) is 7.10. The number of amides is 1. The number of para-hydroxylation sites is 1. The van der Waals surface area contributed by atoms with Gasteiger partial charge in [-0.25, -0.2) is 0 Å². The van der Waals surface area contributed by atoms with E-state index in [2.05, 4.69) is 4.74 Å². The van der Waals surface area contributed by atoms with Gasteiger partial charge in [0.2, 0.25) is 0 Å². The van der Waals surface area contributed by atoms with Gasteiger partial charge >= 0.3 is 12.5 Å². The molecule has 1 amide bonds. The molecule has 0 radical (unpaired) electrons. The first-order valence-corrected chi connectivity index (χ1v) is 7.83. The number of hydrogen-bond donors (Lipinski definition) is 1. The van der Waals surface area contributed by atoms with E-state index >= 15 is 0 Å². The summed E-state index contributed by atoms with van der Waals surface area (Å²) in [6, 6.07) is 5.05. The average Bonchev–Trinajstić information content (AvgIpc) is 2.49. The molecule has 1 heterocycles. The topological polar surface area (TPSA) is 49.8 Å². The molecule has 4 nitrogen and oxygen atoms in total. The molecule has 0 saturated carbocycles. The number of alkyl halides is 4. The normalized spacial score (nSPS) is 23.6. The maximum atomic E-state index is 13.2. The molecule has 25 heavy (non-hydrogen) atoms. The van der Waals surface area contributed by atoms with Crippen LogP contribution in [0, 0.1) is 5.41 Å². The first-order valence-electron chi connectivity index (χ1n) is 7.83. The van der Waals surface area contributed by atoms with E-state index in [1.54, 1.807) is 20.8 Å². The van der Waals surface area contributed by atoms with Crippen LogP contribution in [-0.4, -0.2) is 47.1 Å². The van der Waals surface area contributed by atoms with Crippen LogP contribution in [-0.2, 0) is 0 Å². The second-order valence-electron chi connectivity index (χ2n) is 7.10. The van der Waals surface area contributed by atoms with Crippen molar-refractivity contribution in [2.24, 2.45) is 5.41 Å². The monoisotopic (exact) mass is 363 g/mol. The highest BCUT2D eigenvalue weighted by Crippen LogP contribution is 2.39. The molecule has 8 heteroatoms. The van der Waals surface area contributed by atoms with Gasteiger partial charge in [-0.1, -0.05) is 26.0 Å². The summed E-state index contributed by atoms with van der Waals surface area (Å²) in [6.07, 6.45) is -8.40. The number of aliphatic hydroxyl groups is 1. The van der Waals surface area contributed by atoms with Crippen molar-refractivity contribution in [2.45, 2.75) is 45.3 Å². The molecule has 1 aliphatic heterocycles. The van der Waals surface area contributed by atoms with Crippen LogP contribution < -0.4 is 4.74 Å². The molecule has 0 spiro atoms. The van der Waals surface area contributed by atoms with Crippen molar-refractivity contribution < 1.29 is 32.2 Å². The van der Waals surface area contributed by atoms with Crippen LogP contribution >= 0.6 is 0 Å². The summed E-state index contributed by atoms with van der Waals surface area (Å²) in [5, 5.41) is 10.4. The second kappa shape index (κ2) is 6.48. The molecule has 140 valence electrons. The van der Waals surface area contributed by atoms with Crippen molar-refractivity contribution in [3.05, 3.63) is 29.8 Å². The zero-order valence-corrected chi connectivity index (χ0v) is 14.2. The number of carbonyl (C=O) groups is 1. The Bertz CT molecular complexity index is 647. The molecule has 0 bridgehead atoms. The zero-order chi connectivity index (χ0) is 19.0. The molecular weight excluding hydrogens is 342 g/mol. The molecule has 1 aliphatic rings. The number of likely N-dealkylation sites (tertiary alicyclic amines) is 1. The Morgan fingerprint density at radius 1 is 1.28 bits per heavy atom. The summed E-state index contributed by atoms with van der Waals surface area (Å²) in [6.45, 7) is 5.67. The van der Waals surface area contributed by atoms with Crippen molar-refractivity contribution in [3.63, 3.8) is 0 Å². The predicted octanol–water partition coefficient (Wildman–Crippen LogP) is 3.55. The van der Waals surface area contributed by atoms with Gasteiger partial charge in [-0.15, -0.1) is 0 Å². The lowest BCUT2D eigenvalue weighted by Gasteiger charge is -2.48. The Kier molecular flexibility index (Phi) is 5.05. The van der Waals surface area contributed by atoms with E-state index in [4.69, 9.17) is 0 Å². The maximum absolute atomic E-state index is 13.2. The van der Waals surface area contributed by atoms with Crippen molar-refractivity contribution in [1.29, 1.82) is 0 Å². The maximum Gasteiger partial charge on any atom is 0.461 e. The summed E-state index contributed by atoms with van der Waals surface area (Å²) in [5.41, 5.74) is -1.83. The number of carbonyl (C=O) groups excluding carboxylic acids is 1. The van der Waals surface area contributed by atoms with Crippen LogP contribution in [0.25, 0.3) is 0 Å². The van der Waals surface area contributed by atoms with Crippen LogP contribution in [0.2, 0.25) is 0 Å². The van der Waals surface area contributed by atoms with E-state index in [1.165, 1.54) is 23.1 Å². The van der Waals surface area contributed by atoms with E-state index < -0.39 is 35.2 Å². The minimum absolute atomic E-state index is 0.193. The number of piperidine rings is 1. The fraction of sp³-hybridized carbons (Fsp3) is 0.588. The molecule has 1 aromatic rings. The summed E-state index contributed by atoms with van der Waals surface area (Å²) in [7, 11) is 0. The van der Waals surface area contributed by atoms with Gasteiger partial charge in [-0.05, 0) is 25.5 Å². The summed E-state index contributed by atoms with van der Waals surface area (Å²) in [5.74, 6) is -1.21. The lowest BCUT2D eigenvalue weighted by molar-refractivity contribution is -0.253. The van der Waals surface area contributed by atoms with Crippen molar-refractivity contribution in [1.82, 2.24) is 4.90 Å². The Morgan fingerprint density at radius 3 is 2.44 bits per heavy atom. The minimum Gasteiger partial charge on any atom is -0.427 e. The number of halogens is 4. The zero-order valence-electron chi connectivity index (χ0n) is 14.2. The Balaban J connectivity index is 2.26. The third-order valence-electron chi connectivity index (χ3n) is 4.82. The third-order valence-corrected chi connectivity index (χ3v) is 4.82. The highest BCUT2D eigenvalue weighted by molar-refractivity contribution is 5.97. The quantitative estimate of drug-likeness (QED) is 0.833. The molecule has 1 saturated heterocycles. The smallest absolute Gasteiger partial charge is 0.427 e. The number of nitrogens with zero attached hydrogens (tertiary/aromatic N) is 1. The number of hydrogen-bond acceptors (Lipinski definition) is 3. The lowest BCUT2D eigenvalue weighted by atomic mass is 9.71. The Labute approximate surface area is 143 Å². The number of benzene rings is 1. The molecule has 2 rings (SSSR count). The van der Waals surface area contributed by atoms with Crippen LogP contribution in [0.4, 0.5) is 17.6 Å². The van der Waals surface area contributed by atoms with Gasteiger partial charge < -0.3 is 14.7 Å². The predicted molar refractivity (Wildman–Crippen MR) is 82.9 cm³/mol. The van der Waals surface area contributed by atoms with Crippen LogP contribution in [0.1, 0.15) is 37.6 Å². The average molecular weight is 363 g/mol. The number of rotatable bonds is 4. The summed E-state index contributed by atoms with van der Waals surface area (Å²) >= 11 is 0. The Hall–Kier alpha value is -1.83. The van der Waals surface area contributed by atoms with Crippen molar-refractivity contribution in [2.75, 3.05) is 13.1 Å². The molecular formula is C17H21F4NO3. The van der Waals surface area contributed by atoms with Gasteiger partial charge in [-0.2, -0.15) is 17.6 Å². The largest absolute Gasteiger partial charge is 0.461 e. The SMILES string of the molecule is CC1(C)CN(C(=O)c2ccccc2OC(F)(F)C(F)F)CC[C@]1(C)O. The number of ether oxygens (including phenoxy) is 1. The van der Waals surface area contributed by atoms with Crippen LogP contribution in [0.5, 0.6) is 5.75 Å². The Morgan fingerprint density at radius 2 is 1.88 bits per heavy atom. The van der Waals surface area contributed by atoms with E-state index in [0.717, 1.165) is 6.07 Å². The van der Waals surface area contributed by atoms with E-state index in [1.807, 2.05) is 0 Å². The molecule has 1 fully saturated rings. The molecule has 0 aliphatic carbocycles. The highest BCUT2D eigenvalue weighted by Gasteiger charge is 2.47. The summed E-state index contributed by atoms with van der Waals surface area (Å²) in [4.78, 5) is 14.1. The van der Waals surface area contributed by atoms with E-state index in [9.17, 15) is 27.5 Å². The lowest BCUT2D eigenvalue weighted by Crippen LogP contribution is -2.57. The molecule has 0 unspecified atom stereocenters. The fourth-order valence-corrected chi connectivity index (χ4v) is 2.68. The first kappa shape index (κ1) is 19.5. The molecule has 1 atom stereocenters. The van der Waals surface area contributed by atoms with Gasteiger partial charge in [0, 0.05) is 18.5 Å². The van der Waals surface area contributed by atoms with E-state index in [-0.39, 0.29) is 18.7 Å². The van der Waals surface area contributed by atoms with Gasteiger partial charge in [-0.3, -0.25) is 4.79 Å². The molecule has 1 N–H and O–H groups in total. The standard InChI is InChI=1S/C17H21F4NO3/c1-15(2)10-22(9-8-16(15,3)24)13(23)11-6-4-5-7-12(11)25-17(20,21)14(18)19/h4-7,14,24H,8-10H2,1-3H3/t16-/m0/s1.